The van der Waals surface area contributed by atoms with E-state index in [0.29, 0.717) is 13.0 Å². The van der Waals surface area contributed by atoms with E-state index < -0.39 is 12.0 Å². The number of aliphatic carboxylic acids is 1. The van der Waals surface area contributed by atoms with Crippen LogP contribution in [-0.2, 0) is 11.2 Å². The van der Waals surface area contributed by atoms with Gasteiger partial charge in [-0.15, -0.1) is 0 Å². The van der Waals surface area contributed by atoms with Crippen LogP contribution in [0.3, 0.4) is 0 Å². The van der Waals surface area contributed by atoms with E-state index >= 15 is 0 Å². The molecule has 0 amide bonds. The second-order valence-corrected chi connectivity index (χ2v) is 4.73. The van der Waals surface area contributed by atoms with Crippen molar-refractivity contribution in [2.75, 3.05) is 6.54 Å². The first-order valence-corrected chi connectivity index (χ1v) is 6.65. The van der Waals surface area contributed by atoms with Gasteiger partial charge in [-0.05, 0) is 31.9 Å². The Kier molecular flexibility index (Phi) is 6.44. The number of unbranched alkanes of at least 4 members (excludes halogenated alkanes) is 1. The van der Waals surface area contributed by atoms with Gasteiger partial charge in [0.1, 0.15) is 6.04 Å². The third kappa shape index (κ3) is 5.32. The molecule has 0 unspecified atom stereocenters. The molecular formula is C15H23NO2. The molecule has 0 bridgehead atoms. The highest BCUT2D eigenvalue weighted by molar-refractivity contribution is 5.73. The Morgan fingerprint density at radius 2 is 2.22 bits per heavy atom. The fraction of sp³-hybridized carbons (Fsp3) is 0.533. The van der Waals surface area contributed by atoms with Crippen molar-refractivity contribution in [1.82, 2.24) is 5.32 Å². The first kappa shape index (κ1) is 14.7. The Bertz CT molecular complexity index is 377. The van der Waals surface area contributed by atoms with Gasteiger partial charge < -0.3 is 10.4 Å². The van der Waals surface area contributed by atoms with Gasteiger partial charge in [-0.3, -0.25) is 4.79 Å². The third-order valence-electron chi connectivity index (χ3n) is 3.03. The monoisotopic (exact) mass is 249 g/mol. The molecule has 0 saturated carbocycles. The molecule has 2 N–H and O–H groups in total. The van der Waals surface area contributed by atoms with E-state index in [1.165, 1.54) is 11.1 Å². The maximum absolute atomic E-state index is 11.0. The Balaban J connectivity index is 2.36. The van der Waals surface area contributed by atoms with E-state index in [9.17, 15) is 4.79 Å². The lowest BCUT2D eigenvalue weighted by atomic mass is 10.1. The van der Waals surface area contributed by atoms with Gasteiger partial charge in [-0.2, -0.15) is 0 Å². The lowest BCUT2D eigenvalue weighted by Crippen LogP contribution is -2.37. The minimum absolute atomic E-state index is 0.408. The molecule has 0 aromatic heterocycles. The lowest BCUT2D eigenvalue weighted by Gasteiger charge is -2.14. The summed E-state index contributed by atoms with van der Waals surface area (Å²) in [5.74, 6) is -0.743. The summed E-state index contributed by atoms with van der Waals surface area (Å²) in [4.78, 5) is 11.0. The van der Waals surface area contributed by atoms with E-state index in [1.54, 1.807) is 0 Å². The Morgan fingerprint density at radius 3 is 2.83 bits per heavy atom. The van der Waals surface area contributed by atoms with Crippen LogP contribution in [-0.4, -0.2) is 23.7 Å². The number of rotatable bonds is 8. The fourth-order valence-electron chi connectivity index (χ4n) is 1.98. The SMILES string of the molecule is CCCC[C@H](NCCc1cccc(C)c1)C(=O)O. The van der Waals surface area contributed by atoms with Crippen LogP contribution in [0.4, 0.5) is 0 Å². The largest absolute Gasteiger partial charge is 0.480 e. The van der Waals surface area contributed by atoms with Crippen LogP contribution >= 0.6 is 0 Å². The number of carboxylic acid groups (broad SMARTS) is 1. The summed E-state index contributed by atoms with van der Waals surface area (Å²) in [6, 6.07) is 7.92. The van der Waals surface area contributed by atoms with E-state index in [-0.39, 0.29) is 0 Å². The van der Waals surface area contributed by atoms with Crippen LogP contribution in [0.2, 0.25) is 0 Å². The molecule has 100 valence electrons. The Morgan fingerprint density at radius 1 is 1.44 bits per heavy atom. The molecule has 0 aliphatic rings. The summed E-state index contributed by atoms with van der Waals surface area (Å²) in [7, 11) is 0. The zero-order chi connectivity index (χ0) is 13.4. The predicted molar refractivity (Wildman–Crippen MR) is 73.8 cm³/mol. The summed E-state index contributed by atoms with van der Waals surface area (Å²) in [5, 5.41) is 12.2. The minimum atomic E-state index is -0.743. The zero-order valence-electron chi connectivity index (χ0n) is 11.3. The molecule has 1 rings (SSSR count). The smallest absolute Gasteiger partial charge is 0.320 e. The first-order valence-electron chi connectivity index (χ1n) is 6.65. The molecular weight excluding hydrogens is 226 g/mol. The third-order valence-corrected chi connectivity index (χ3v) is 3.03. The fourth-order valence-corrected chi connectivity index (χ4v) is 1.98. The van der Waals surface area contributed by atoms with Crippen molar-refractivity contribution in [3.05, 3.63) is 35.4 Å². The summed E-state index contributed by atoms with van der Waals surface area (Å²) >= 11 is 0. The van der Waals surface area contributed by atoms with Crippen LogP contribution in [0.25, 0.3) is 0 Å². The van der Waals surface area contributed by atoms with Gasteiger partial charge in [0, 0.05) is 0 Å². The molecule has 1 aromatic carbocycles. The molecule has 0 fully saturated rings. The summed E-state index contributed by atoms with van der Waals surface area (Å²) in [6.07, 6.45) is 3.56. The number of hydrogen-bond acceptors (Lipinski definition) is 2. The number of hydrogen-bond donors (Lipinski definition) is 2. The summed E-state index contributed by atoms with van der Waals surface area (Å²) in [6.45, 7) is 4.86. The van der Waals surface area contributed by atoms with Crippen molar-refractivity contribution < 1.29 is 9.90 Å². The summed E-state index contributed by atoms with van der Waals surface area (Å²) < 4.78 is 0. The Hall–Kier alpha value is -1.35. The average Bonchev–Trinajstić information content (AvgIpc) is 2.33. The van der Waals surface area contributed by atoms with Crippen LogP contribution in [0, 0.1) is 6.92 Å². The van der Waals surface area contributed by atoms with Gasteiger partial charge in [-0.1, -0.05) is 49.6 Å². The molecule has 3 heteroatoms. The van der Waals surface area contributed by atoms with E-state index in [1.807, 2.05) is 6.07 Å². The number of aryl methyl sites for hydroxylation is 1. The quantitative estimate of drug-likeness (QED) is 0.745. The van der Waals surface area contributed by atoms with Crippen molar-refractivity contribution in [1.29, 1.82) is 0 Å². The normalized spacial score (nSPS) is 12.3. The molecule has 0 aliphatic heterocycles. The second-order valence-electron chi connectivity index (χ2n) is 4.73. The van der Waals surface area contributed by atoms with Crippen LogP contribution in [0.15, 0.2) is 24.3 Å². The highest BCUT2D eigenvalue weighted by Crippen LogP contribution is 2.05. The lowest BCUT2D eigenvalue weighted by molar-refractivity contribution is -0.139. The first-order chi connectivity index (χ1) is 8.63. The minimum Gasteiger partial charge on any atom is -0.480 e. The average molecular weight is 249 g/mol. The number of nitrogens with one attached hydrogen (secondary N) is 1. The zero-order valence-corrected chi connectivity index (χ0v) is 11.3. The topological polar surface area (TPSA) is 49.3 Å². The molecule has 3 nitrogen and oxygen atoms in total. The standard InChI is InChI=1S/C15H23NO2/c1-3-4-8-14(15(17)18)16-10-9-13-7-5-6-12(2)11-13/h5-7,11,14,16H,3-4,8-10H2,1-2H3,(H,17,18)/t14-/m0/s1. The van der Waals surface area contributed by atoms with Gasteiger partial charge in [-0.25, -0.2) is 0 Å². The van der Waals surface area contributed by atoms with E-state index in [2.05, 4.69) is 37.4 Å². The van der Waals surface area contributed by atoms with Gasteiger partial charge >= 0.3 is 5.97 Å². The molecule has 0 aliphatic carbocycles. The van der Waals surface area contributed by atoms with Gasteiger partial charge in [0.2, 0.25) is 0 Å². The molecule has 18 heavy (non-hydrogen) atoms. The molecule has 0 saturated heterocycles. The molecule has 0 spiro atoms. The van der Waals surface area contributed by atoms with E-state index in [4.69, 9.17) is 5.11 Å². The van der Waals surface area contributed by atoms with Crippen molar-refractivity contribution in [2.24, 2.45) is 0 Å². The van der Waals surface area contributed by atoms with Gasteiger partial charge in [0.25, 0.3) is 0 Å². The second kappa shape index (κ2) is 7.88. The number of benzene rings is 1. The predicted octanol–water partition coefficient (Wildman–Crippen LogP) is 2.77. The highest BCUT2D eigenvalue weighted by atomic mass is 16.4. The molecule has 0 radical (unpaired) electrons. The molecule has 0 heterocycles. The van der Waals surface area contributed by atoms with Gasteiger partial charge in [0.15, 0.2) is 0 Å². The molecule has 1 atom stereocenters. The van der Waals surface area contributed by atoms with Gasteiger partial charge in [0.05, 0.1) is 0 Å². The van der Waals surface area contributed by atoms with Crippen LogP contribution < -0.4 is 5.32 Å². The maximum atomic E-state index is 11.0. The van der Waals surface area contributed by atoms with Crippen molar-refractivity contribution in [2.45, 2.75) is 45.6 Å². The highest BCUT2D eigenvalue weighted by Gasteiger charge is 2.15. The van der Waals surface area contributed by atoms with Crippen LogP contribution in [0.5, 0.6) is 0 Å². The van der Waals surface area contributed by atoms with Crippen molar-refractivity contribution >= 4 is 5.97 Å². The maximum Gasteiger partial charge on any atom is 0.320 e. The van der Waals surface area contributed by atoms with Crippen LogP contribution in [0.1, 0.15) is 37.3 Å². The van der Waals surface area contributed by atoms with Crippen molar-refractivity contribution in [3.63, 3.8) is 0 Å². The number of carboxylic acids is 1. The molecule has 1 aromatic rings. The van der Waals surface area contributed by atoms with Crippen molar-refractivity contribution in [3.8, 4) is 0 Å². The number of carbonyl (C=O) groups is 1. The van der Waals surface area contributed by atoms with E-state index in [0.717, 1.165) is 19.3 Å². The summed E-state index contributed by atoms with van der Waals surface area (Å²) in [5.41, 5.74) is 2.50. The Labute approximate surface area is 109 Å².